The zero-order valence-corrected chi connectivity index (χ0v) is 12.9. The SMILES string of the molecule is OC(CSc1cccc(Br)c1)Cc1ccc(F)c(F)c1. The van der Waals surface area contributed by atoms with Crippen molar-refractivity contribution in [3.05, 3.63) is 64.1 Å². The topological polar surface area (TPSA) is 20.2 Å². The molecular weight excluding hydrogens is 346 g/mol. The molecular formula is C15H13BrF2OS. The van der Waals surface area contributed by atoms with Gasteiger partial charge in [0, 0.05) is 15.1 Å². The molecule has 1 atom stereocenters. The molecule has 2 aromatic carbocycles. The lowest BCUT2D eigenvalue weighted by atomic mass is 10.1. The number of aliphatic hydroxyl groups excluding tert-OH is 1. The van der Waals surface area contributed by atoms with E-state index >= 15 is 0 Å². The molecule has 0 saturated carbocycles. The molecule has 0 saturated heterocycles. The largest absolute Gasteiger partial charge is 0.392 e. The summed E-state index contributed by atoms with van der Waals surface area (Å²) in [6.45, 7) is 0. The van der Waals surface area contributed by atoms with Crippen LogP contribution in [0.15, 0.2) is 51.8 Å². The minimum absolute atomic E-state index is 0.304. The minimum Gasteiger partial charge on any atom is -0.392 e. The van der Waals surface area contributed by atoms with Crippen molar-refractivity contribution in [2.45, 2.75) is 17.4 Å². The van der Waals surface area contributed by atoms with E-state index in [0.717, 1.165) is 21.5 Å². The van der Waals surface area contributed by atoms with Gasteiger partial charge >= 0.3 is 0 Å². The Morgan fingerprint density at radius 3 is 2.60 bits per heavy atom. The third kappa shape index (κ3) is 4.58. The molecule has 0 fully saturated rings. The summed E-state index contributed by atoms with van der Waals surface area (Å²) in [4.78, 5) is 1.05. The monoisotopic (exact) mass is 358 g/mol. The first-order valence-electron chi connectivity index (χ1n) is 6.05. The number of hydrogen-bond acceptors (Lipinski definition) is 2. The van der Waals surface area contributed by atoms with E-state index in [1.165, 1.54) is 17.8 Å². The van der Waals surface area contributed by atoms with Gasteiger partial charge in [-0.15, -0.1) is 11.8 Å². The van der Waals surface area contributed by atoms with Crippen LogP contribution in [0.25, 0.3) is 0 Å². The van der Waals surface area contributed by atoms with Gasteiger partial charge in [-0.05, 0) is 42.3 Å². The number of benzene rings is 2. The quantitative estimate of drug-likeness (QED) is 0.798. The number of thioether (sulfide) groups is 1. The Balaban J connectivity index is 1.89. The Bertz CT molecular complexity index is 592. The highest BCUT2D eigenvalue weighted by molar-refractivity contribution is 9.10. The second-order valence-electron chi connectivity index (χ2n) is 4.37. The predicted molar refractivity (Wildman–Crippen MR) is 80.9 cm³/mol. The second kappa shape index (κ2) is 7.20. The molecule has 0 aliphatic rings. The molecule has 0 spiro atoms. The summed E-state index contributed by atoms with van der Waals surface area (Å²) < 4.78 is 26.8. The summed E-state index contributed by atoms with van der Waals surface area (Å²) >= 11 is 4.91. The van der Waals surface area contributed by atoms with Crippen molar-refractivity contribution >= 4 is 27.7 Å². The average Bonchev–Trinajstić information content (AvgIpc) is 2.41. The predicted octanol–water partition coefficient (Wildman–Crippen LogP) is 4.42. The van der Waals surface area contributed by atoms with E-state index in [2.05, 4.69) is 15.9 Å². The maximum atomic E-state index is 13.1. The Kier molecular flexibility index (Phi) is 5.57. The Hall–Kier alpha value is -0.910. The van der Waals surface area contributed by atoms with Crippen molar-refractivity contribution in [2.75, 3.05) is 5.75 Å². The number of halogens is 3. The van der Waals surface area contributed by atoms with Crippen molar-refractivity contribution in [1.82, 2.24) is 0 Å². The van der Waals surface area contributed by atoms with Gasteiger partial charge in [0.05, 0.1) is 6.10 Å². The van der Waals surface area contributed by atoms with Crippen LogP contribution in [0.4, 0.5) is 8.78 Å². The molecule has 0 amide bonds. The fourth-order valence-electron chi connectivity index (χ4n) is 1.75. The molecule has 0 radical (unpaired) electrons. The van der Waals surface area contributed by atoms with Crippen LogP contribution in [-0.2, 0) is 6.42 Å². The van der Waals surface area contributed by atoms with Crippen LogP contribution < -0.4 is 0 Å². The van der Waals surface area contributed by atoms with Gasteiger partial charge in [0.25, 0.3) is 0 Å². The Labute approximate surface area is 129 Å². The average molecular weight is 359 g/mol. The van der Waals surface area contributed by atoms with Crippen LogP contribution in [0.3, 0.4) is 0 Å². The van der Waals surface area contributed by atoms with Gasteiger partial charge in [0.1, 0.15) is 0 Å². The maximum absolute atomic E-state index is 13.1. The summed E-state index contributed by atoms with van der Waals surface area (Å²) in [7, 11) is 0. The first-order chi connectivity index (χ1) is 9.54. The smallest absolute Gasteiger partial charge is 0.159 e. The zero-order chi connectivity index (χ0) is 14.5. The van der Waals surface area contributed by atoms with E-state index in [1.54, 1.807) is 0 Å². The van der Waals surface area contributed by atoms with Crippen LogP contribution in [0.1, 0.15) is 5.56 Å². The summed E-state index contributed by atoms with van der Waals surface area (Å²) in [5.74, 6) is -1.25. The molecule has 0 aliphatic carbocycles. The van der Waals surface area contributed by atoms with Crippen molar-refractivity contribution in [2.24, 2.45) is 0 Å². The van der Waals surface area contributed by atoms with Crippen molar-refractivity contribution < 1.29 is 13.9 Å². The summed E-state index contributed by atoms with van der Waals surface area (Å²) in [6.07, 6.45) is -0.304. The van der Waals surface area contributed by atoms with Gasteiger partial charge in [-0.25, -0.2) is 8.78 Å². The lowest BCUT2D eigenvalue weighted by Gasteiger charge is -2.10. The fraction of sp³-hybridized carbons (Fsp3) is 0.200. The highest BCUT2D eigenvalue weighted by Crippen LogP contribution is 2.23. The lowest BCUT2D eigenvalue weighted by Crippen LogP contribution is -2.13. The van der Waals surface area contributed by atoms with Crippen LogP contribution in [0.2, 0.25) is 0 Å². The number of aliphatic hydroxyl groups is 1. The molecule has 106 valence electrons. The van der Waals surface area contributed by atoms with Gasteiger partial charge in [-0.2, -0.15) is 0 Å². The maximum Gasteiger partial charge on any atom is 0.159 e. The molecule has 5 heteroatoms. The second-order valence-corrected chi connectivity index (χ2v) is 6.38. The van der Waals surface area contributed by atoms with E-state index in [0.29, 0.717) is 17.7 Å². The van der Waals surface area contributed by atoms with Crippen LogP contribution in [-0.4, -0.2) is 17.0 Å². The van der Waals surface area contributed by atoms with E-state index in [9.17, 15) is 13.9 Å². The van der Waals surface area contributed by atoms with E-state index < -0.39 is 17.7 Å². The van der Waals surface area contributed by atoms with Gasteiger partial charge < -0.3 is 5.11 Å². The molecule has 0 heterocycles. The lowest BCUT2D eigenvalue weighted by molar-refractivity contribution is 0.200. The van der Waals surface area contributed by atoms with Crippen molar-refractivity contribution in [3.63, 3.8) is 0 Å². The van der Waals surface area contributed by atoms with E-state index in [1.807, 2.05) is 24.3 Å². The summed E-state index contributed by atoms with van der Waals surface area (Å²) in [5.41, 5.74) is 0.589. The molecule has 0 aliphatic heterocycles. The first-order valence-corrected chi connectivity index (χ1v) is 7.83. The third-order valence-electron chi connectivity index (χ3n) is 2.69. The zero-order valence-electron chi connectivity index (χ0n) is 10.5. The van der Waals surface area contributed by atoms with Gasteiger partial charge in [0.2, 0.25) is 0 Å². The molecule has 2 rings (SSSR count). The molecule has 0 aromatic heterocycles. The molecule has 0 bridgehead atoms. The van der Waals surface area contributed by atoms with Crippen molar-refractivity contribution in [3.8, 4) is 0 Å². The molecule has 1 unspecified atom stereocenters. The Morgan fingerprint density at radius 1 is 1.10 bits per heavy atom. The molecule has 1 nitrogen and oxygen atoms in total. The highest BCUT2D eigenvalue weighted by Gasteiger charge is 2.09. The van der Waals surface area contributed by atoms with Crippen molar-refractivity contribution in [1.29, 1.82) is 0 Å². The first kappa shape index (κ1) is 15.5. The van der Waals surface area contributed by atoms with Crippen LogP contribution >= 0.6 is 27.7 Å². The van der Waals surface area contributed by atoms with Gasteiger partial charge in [-0.3, -0.25) is 0 Å². The van der Waals surface area contributed by atoms with E-state index in [4.69, 9.17) is 0 Å². The van der Waals surface area contributed by atoms with Gasteiger partial charge in [0.15, 0.2) is 11.6 Å². The standard InChI is InChI=1S/C15H13BrF2OS/c16-11-2-1-3-13(8-11)20-9-12(19)6-10-4-5-14(17)15(18)7-10/h1-5,7-8,12,19H,6,9H2. The van der Waals surface area contributed by atoms with Crippen LogP contribution in [0, 0.1) is 11.6 Å². The molecule has 20 heavy (non-hydrogen) atoms. The van der Waals surface area contributed by atoms with Gasteiger partial charge in [-0.1, -0.05) is 28.1 Å². The number of hydrogen-bond donors (Lipinski definition) is 1. The molecule has 1 N–H and O–H groups in total. The van der Waals surface area contributed by atoms with E-state index in [-0.39, 0.29) is 0 Å². The fourth-order valence-corrected chi connectivity index (χ4v) is 3.19. The minimum atomic E-state index is -0.880. The summed E-state index contributed by atoms with van der Waals surface area (Å²) in [6, 6.07) is 11.5. The third-order valence-corrected chi connectivity index (χ3v) is 4.33. The number of rotatable bonds is 5. The summed E-state index contributed by atoms with van der Waals surface area (Å²) in [5, 5.41) is 9.94. The molecule has 2 aromatic rings. The Morgan fingerprint density at radius 2 is 1.90 bits per heavy atom. The normalized spacial score (nSPS) is 12.4. The van der Waals surface area contributed by atoms with Crippen LogP contribution in [0.5, 0.6) is 0 Å². The highest BCUT2D eigenvalue weighted by atomic mass is 79.9.